The number of hydrogen-bond donors (Lipinski definition) is 1. The van der Waals surface area contributed by atoms with Crippen molar-refractivity contribution in [3.05, 3.63) is 29.3 Å². The maximum Gasteiger partial charge on any atom is 0.139 e. The van der Waals surface area contributed by atoms with Gasteiger partial charge in [-0.1, -0.05) is 13.0 Å². The fraction of sp³-hybridized carbons (Fsp3) is 0.611. The maximum absolute atomic E-state index is 12.3. The van der Waals surface area contributed by atoms with Gasteiger partial charge < -0.3 is 5.11 Å². The summed E-state index contributed by atoms with van der Waals surface area (Å²) in [7, 11) is 0. The lowest BCUT2D eigenvalue weighted by Crippen LogP contribution is -2.42. The topological polar surface area (TPSA) is 37.3 Å². The quantitative estimate of drug-likeness (QED) is 0.778. The number of ketones is 1. The molecule has 106 valence electrons. The molecule has 4 atom stereocenters. The normalized spacial score (nSPS) is 39.0. The first-order valence-electron chi connectivity index (χ1n) is 7.95. The van der Waals surface area contributed by atoms with E-state index < -0.39 is 0 Å². The number of phenols is 1. The summed E-state index contributed by atoms with van der Waals surface area (Å²) in [6.45, 7) is 2.22. The predicted octanol–water partition coefficient (Wildman–Crippen LogP) is 3.82. The van der Waals surface area contributed by atoms with Gasteiger partial charge in [0.05, 0.1) is 0 Å². The molecule has 0 heterocycles. The third kappa shape index (κ3) is 1.54. The summed E-state index contributed by atoms with van der Waals surface area (Å²) in [4.78, 5) is 12.3. The summed E-state index contributed by atoms with van der Waals surface area (Å²) in [6, 6.07) is 5.90. The predicted molar refractivity (Wildman–Crippen MR) is 77.7 cm³/mol. The Hall–Kier alpha value is -1.31. The van der Waals surface area contributed by atoms with Gasteiger partial charge in [-0.25, -0.2) is 0 Å². The van der Waals surface area contributed by atoms with E-state index in [1.165, 1.54) is 17.5 Å². The first-order chi connectivity index (χ1) is 9.59. The van der Waals surface area contributed by atoms with E-state index in [2.05, 4.69) is 13.0 Å². The van der Waals surface area contributed by atoms with Crippen LogP contribution in [0.2, 0.25) is 0 Å². The second-order valence-electron chi connectivity index (χ2n) is 7.22. The molecule has 2 fully saturated rings. The van der Waals surface area contributed by atoms with Crippen LogP contribution in [0.3, 0.4) is 0 Å². The Bertz CT molecular complexity index is 577. The van der Waals surface area contributed by atoms with Gasteiger partial charge in [0, 0.05) is 11.8 Å². The number of carbonyl (C=O) groups is 1. The third-order valence-electron chi connectivity index (χ3n) is 6.42. The third-order valence-corrected chi connectivity index (χ3v) is 6.42. The summed E-state index contributed by atoms with van der Waals surface area (Å²) < 4.78 is 0. The molecular formula is C18H22O2. The average Bonchev–Trinajstić information content (AvgIpc) is 2.74. The lowest BCUT2D eigenvalue weighted by Gasteiger charge is -2.48. The SMILES string of the molecule is CC12CC[C@@H]3c4ccc(O)cc4CCC3[C@@H]1CCC2=O. The number of benzene rings is 1. The standard InChI is InChI=1S/C18H22O2/c1-18-9-8-14-13-5-3-12(19)10-11(13)2-4-15(14)16(18)6-7-17(18)20/h3,5,10,14-16,19H,2,4,6-9H2,1H3/t14-,15?,16+,18?/m1/s1. The Balaban J connectivity index is 1.73. The van der Waals surface area contributed by atoms with Crippen LogP contribution < -0.4 is 0 Å². The van der Waals surface area contributed by atoms with Crippen LogP contribution in [0.15, 0.2) is 18.2 Å². The van der Waals surface area contributed by atoms with Crippen LogP contribution in [0.4, 0.5) is 0 Å². The average molecular weight is 270 g/mol. The summed E-state index contributed by atoms with van der Waals surface area (Å²) in [5.74, 6) is 2.78. The summed E-state index contributed by atoms with van der Waals surface area (Å²) >= 11 is 0. The molecule has 3 aliphatic rings. The Morgan fingerprint density at radius 3 is 2.90 bits per heavy atom. The minimum absolute atomic E-state index is 0.0322. The second-order valence-corrected chi connectivity index (χ2v) is 7.22. The van der Waals surface area contributed by atoms with Crippen LogP contribution in [0, 0.1) is 17.3 Å². The molecule has 1 aromatic carbocycles. The molecule has 2 saturated carbocycles. The molecule has 2 unspecified atom stereocenters. The van der Waals surface area contributed by atoms with Crippen LogP contribution in [-0.4, -0.2) is 10.9 Å². The van der Waals surface area contributed by atoms with Crippen molar-refractivity contribution in [3.63, 3.8) is 0 Å². The first kappa shape index (κ1) is 12.4. The molecule has 0 radical (unpaired) electrons. The van der Waals surface area contributed by atoms with E-state index in [1.54, 1.807) is 0 Å². The number of aromatic hydroxyl groups is 1. The van der Waals surface area contributed by atoms with Crippen molar-refractivity contribution in [1.82, 2.24) is 0 Å². The molecule has 0 amide bonds. The second kappa shape index (κ2) is 4.09. The number of aryl methyl sites for hydroxylation is 1. The Morgan fingerprint density at radius 1 is 1.20 bits per heavy atom. The zero-order chi connectivity index (χ0) is 13.9. The van der Waals surface area contributed by atoms with Crippen molar-refractivity contribution in [3.8, 4) is 5.75 Å². The highest BCUT2D eigenvalue weighted by Crippen LogP contribution is 2.59. The van der Waals surface area contributed by atoms with Crippen molar-refractivity contribution in [2.75, 3.05) is 0 Å². The van der Waals surface area contributed by atoms with Crippen LogP contribution in [-0.2, 0) is 11.2 Å². The smallest absolute Gasteiger partial charge is 0.139 e. The van der Waals surface area contributed by atoms with E-state index in [0.717, 1.165) is 32.1 Å². The summed E-state index contributed by atoms with van der Waals surface area (Å²) in [5, 5.41) is 9.67. The van der Waals surface area contributed by atoms with E-state index in [-0.39, 0.29) is 5.41 Å². The van der Waals surface area contributed by atoms with Crippen molar-refractivity contribution >= 4 is 5.78 Å². The molecule has 1 N–H and O–H groups in total. The molecule has 0 saturated heterocycles. The number of fused-ring (bicyclic) bond motifs is 5. The van der Waals surface area contributed by atoms with Crippen molar-refractivity contribution in [2.24, 2.45) is 17.3 Å². The van der Waals surface area contributed by atoms with Crippen molar-refractivity contribution in [2.45, 2.75) is 51.4 Å². The van der Waals surface area contributed by atoms with Crippen LogP contribution >= 0.6 is 0 Å². The summed E-state index contributed by atoms with van der Waals surface area (Å²) in [6.07, 6.45) is 6.34. The van der Waals surface area contributed by atoms with E-state index in [4.69, 9.17) is 0 Å². The Labute approximate surface area is 120 Å². The lowest BCUT2D eigenvalue weighted by atomic mass is 9.55. The van der Waals surface area contributed by atoms with Gasteiger partial charge in [0.25, 0.3) is 0 Å². The number of carbonyl (C=O) groups excluding carboxylic acids is 1. The van der Waals surface area contributed by atoms with Crippen molar-refractivity contribution < 1.29 is 9.90 Å². The van der Waals surface area contributed by atoms with Gasteiger partial charge in [-0.15, -0.1) is 0 Å². The van der Waals surface area contributed by atoms with Gasteiger partial charge >= 0.3 is 0 Å². The maximum atomic E-state index is 12.3. The molecule has 20 heavy (non-hydrogen) atoms. The zero-order valence-electron chi connectivity index (χ0n) is 12.1. The Morgan fingerprint density at radius 2 is 2.05 bits per heavy atom. The zero-order valence-corrected chi connectivity index (χ0v) is 12.1. The minimum Gasteiger partial charge on any atom is -0.508 e. The van der Waals surface area contributed by atoms with Crippen LogP contribution in [0.1, 0.15) is 56.1 Å². The van der Waals surface area contributed by atoms with Gasteiger partial charge in [-0.3, -0.25) is 4.79 Å². The molecule has 0 spiro atoms. The van der Waals surface area contributed by atoms with E-state index in [0.29, 0.717) is 29.3 Å². The number of hydrogen-bond acceptors (Lipinski definition) is 2. The van der Waals surface area contributed by atoms with Crippen LogP contribution in [0.5, 0.6) is 5.75 Å². The van der Waals surface area contributed by atoms with E-state index in [1.807, 2.05) is 12.1 Å². The minimum atomic E-state index is -0.0322. The largest absolute Gasteiger partial charge is 0.508 e. The fourth-order valence-electron chi connectivity index (χ4n) is 5.34. The fourth-order valence-corrected chi connectivity index (χ4v) is 5.34. The molecule has 0 aromatic heterocycles. The molecule has 1 aromatic rings. The van der Waals surface area contributed by atoms with Gasteiger partial charge in [0.15, 0.2) is 0 Å². The molecule has 2 nitrogen and oxygen atoms in total. The highest BCUT2D eigenvalue weighted by Gasteiger charge is 2.54. The highest BCUT2D eigenvalue weighted by atomic mass is 16.3. The monoisotopic (exact) mass is 270 g/mol. The first-order valence-corrected chi connectivity index (χ1v) is 7.95. The highest BCUT2D eigenvalue weighted by molar-refractivity contribution is 5.87. The number of phenolic OH excluding ortho intramolecular Hbond substituents is 1. The molecular weight excluding hydrogens is 248 g/mol. The Kier molecular flexibility index (Phi) is 2.55. The molecule has 2 heteroatoms. The number of rotatable bonds is 0. The number of Topliss-reactive ketones (excluding diaryl/α,β-unsaturated/α-hetero) is 1. The molecule has 4 rings (SSSR count). The van der Waals surface area contributed by atoms with Gasteiger partial charge in [0.1, 0.15) is 11.5 Å². The molecule has 0 bridgehead atoms. The van der Waals surface area contributed by atoms with Gasteiger partial charge in [0.2, 0.25) is 0 Å². The van der Waals surface area contributed by atoms with E-state index in [9.17, 15) is 9.90 Å². The van der Waals surface area contributed by atoms with E-state index >= 15 is 0 Å². The lowest BCUT2D eigenvalue weighted by molar-refractivity contribution is -0.129. The van der Waals surface area contributed by atoms with Gasteiger partial charge in [-0.2, -0.15) is 0 Å². The molecule has 3 aliphatic carbocycles. The summed E-state index contributed by atoms with van der Waals surface area (Å²) in [5.41, 5.74) is 2.75. The van der Waals surface area contributed by atoms with Gasteiger partial charge in [-0.05, 0) is 73.1 Å². The molecule has 0 aliphatic heterocycles. The van der Waals surface area contributed by atoms with Crippen molar-refractivity contribution in [1.29, 1.82) is 0 Å². The van der Waals surface area contributed by atoms with Crippen LogP contribution in [0.25, 0.3) is 0 Å².